The molecule has 2 aromatic rings. The van der Waals surface area contributed by atoms with E-state index in [0.29, 0.717) is 37.1 Å². The number of amides is 2. The van der Waals surface area contributed by atoms with E-state index in [0.717, 1.165) is 64.2 Å². The molecular formula is C48H72N2O10. The van der Waals surface area contributed by atoms with Gasteiger partial charge in [-0.25, -0.2) is 9.59 Å². The normalized spacial score (nSPS) is 10.9. The third-order valence-corrected chi connectivity index (χ3v) is 10.5. The molecule has 0 aromatic heterocycles. The molecule has 334 valence electrons. The first-order chi connectivity index (χ1) is 29.0. The summed E-state index contributed by atoms with van der Waals surface area (Å²) >= 11 is 0. The van der Waals surface area contributed by atoms with Crippen LogP contribution in [0.25, 0.3) is 0 Å². The third-order valence-electron chi connectivity index (χ3n) is 10.5. The van der Waals surface area contributed by atoms with Crippen LogP contribution in [0.3, 0.4) is 0 Å². The molecule has 0 bridgehead atoms. The number of hydrogen-bond acceptors (Lipinski definition) is 8. The lowest BCUT2D eigenvalue weighted by Gasteiger charge is -2.11. The molecule has 0 aliphatic rings. The van der Waals surface area contributed by atoms with Gasteiger partial charge in [-0.05, 0) is 62.1 Å². The fourth-order valence-corrected chi connectivity index (χ4v) is 6.96. The van der Waals surface area contributed by atoms with E-state index in [1.165, 1.54) is 113 Å². The molecule has 12 heteroatoms. The summed E-state index contributed by atoms with van der Waals surface area (Å²) in [5.41, 5.74) is 0.257. The van der Waals surface area contributed by atoms with Crippen molar-refractivity contribution in [1.82, 2.24) is 0 Å². The van der Waals surface area contributed by atoms with Crippen molar-refractivity contribution in [3.63, 3.8) is 0 Å². The summed E-state index contributed by atoms with van der Waals surface area (Å²) in [5, 5.41) is 24.9. The lowest BCUT2D eigenvalue weighted by Crippen LogP contribution is -2.14. The summed E-state index contributed by atoms with van der Waals surface area (Å²) in [6.45, 7) is 4.40. The predicted octanol–water partition coefficient (Wildman–Crippen LogP) is 12.4. The van der Waals surface area contributed by atoms with E-state index < -0.39 is 23.9 Å². The standard InChI is InChI=1S/C48H72N2O10/c1-3-5-7-9-11-13-15-19-23-27-43(51)49-37-31-33-41(39(35-37)47(55)56)59-45(53)29-25-21-17-18-22-26-30-46(54)60-42-34-32-38(36-40(42)48(57)58)50-44(52)28-24-20-16-14-12-10-8-6-4-2/h31-36H,3-30H2,1-2H3,(H,49,51)(H,50,52)(H,55,56)(H,57,58). The minimum atomic E-state index is -1.27. The average molecular weight is 837 g/mol. The molecule has 0 unspecified atom stereocenters. The minimum Gasteiger partial charge on any atom is -0.478 e. The second-order valence-corrected chi connectivity index (χ2v) is 15.9. The Morgan fingerprint density at radius 1 is 0.417 bits per heavy atom. The second kappa shape index (κ2) is 32.1. The van der Waals surface area contributed by atoms with Crippen molar-refractivity contribution in [3.05, 3.63) is 47.5 Å². The average Bonchev–Trinajstić information content (AvgIpc) is 3.21. The smallest absolute Gasteiger partial charge is 0.339 e. The second-order valence-electron chi connectivity index (χ2n) is 15.9. The molecule has 2 rings (SSSR count). The number of anilines is 2. The number of rotatable bonds is 35. The maximum atomic E-state index is 12.5. The highest BCUT2D eigenvalue weighted by Crippen LogP contribution is 2.26. The fourth-order valence-electron chi connectivity index (χ4n) is 6.96. The zero-order chi connectivity index (χ0) is 43.8. The van der Waals surface area contributed by atoms with Crippen molar-refractivity contribution < 1.29 is 48.5 Å². The van der Waals surface area contributed by atoms with E-state index in [1.807, 2.05) is 0 Å². The van der Waals surface area contributed by atoms with Crippen LogP contribution in [0.15, 0.2) is 36.4 Å². The van der Waals surface area contributed by atoms with Crippen LogP contribution in [-0.4, -0.2) is 45.9 Å². The maximum Gasteiger partial charge on any atom is 0.339 e. The molecule has 0 saturated carbocycles. The van der Waals surface area contributed by atoms with Gasteiger partial charge in [0.15, 0.2) is 0 Å². The molecule has 0 heterocycles. The van der Waals surface area contributed by atoms with Gasteiger partial charge in [0.25, 0.3) is 0 Å². The van der Waals surface area contributed by atoms with Crippen LogP contribution in [0, 0.1) is 0 Å². The number of esters is 2. The van der Waals surface area contributed by atoms with Crippen LogP contribution in [0.4, 0.5) is 11.4 Å². The first-order valence-corrected chi connectivity index (χ1v) is 22.8. The number of carbonyl (C=O) groups is 6. The van der Waals surface area contributed by atoms with Crippen molar-refractivity contribution >= 4 is 47.1 Å². The van der Waals surface area contributed by atoms with Gasteiger partial charge in [0.1, 0.15) is 22.6 Å². The topological polar surface area (TPSA) is 185 Å². The highest BCUT2D eigenvalue weighted by molar-refractivity contribution is 5.97. The summed E-state index contributed by atoms with van der Waals surface area (Å²) in [6.07, 6.45) is 25.7. The quantitative estimate of drug-likeness (QED) is 0.0296. The Kier molecular flexibility index (Phi) is 27.5. The van der Waals surface area contributed by atoms with Gasteiger partial charge in [0.2, 0.25) is 11.8 Å². The molecule has 2 aromatic carbocycles. The van der Waals surface area contributed by atoms with Crippen LogP contribution in [-0.2, 0) is 19.2 Å². The van der Waals surface area contributed by atoms with Crippen molar-refractivity contribution in [3.8, 4) is 11.5 Å². The largest absolute Gasteiger partial charge is 0.478 e. The molecule has 4 N–H and O–H groups in total. The Balaban J connectivity index is 1.62. The summed E-state index contributed by atoms with van der Waals surface area (Å²) in [7, 11) is 0. The molecule has 0 fully saturated rings. The lowest BCUT2D eigenvalue weighted by molar-refractivity contribution is -0.135. The van der Waals surface area contributed by atoms with Gasteiger partial charge in [0, 0.05) is 37.1 Å². The van der Waals surface area contributed by atoms with Crippen LogP contribution in [0.1, 0.15) is 214 Å². The molecule has 0 aliphatic carbocycles. The van der Waals surface area contributed by atoms with Crippen LogP contribution in [0.5, 0.6) is 11.5 Å². The highest BCUT2D eigenvalue weighted by atomic mass is 16.5. The number of carboxylic acid groups (broad SMARTS) is 2. The number of carbonyl (C=O) groups excluding carboxylic acids is 4. The highest BCUT2D eigenvalue weighted by Gasteiger charge is 2.18. The number of carboxylic acids is 2. The van der Waals surface area contributed by atoms with Crippen molar-refractivity contribution in [2.24, 2.45) is 0 Å². The zero-order valence-corrected chi connectivity index (χ0v) is 36.4. The molecule has 2 amide bonds. The van der Waals surface area contributed by atoms with E-state index >= 15 is 0 Å². The van der Waals surface area contributed by atoms with E-state index in [4.69, 9.17) is 9.47 Å². The summed E-state index contributed by atoms with van der Waals surface area (Å²) in [5.74, 6) is -4.15. The van der Waals surface area contributed by atoms with Crippen LogP contribution >= 0.6 is 0 Å². The predicted molar refractivity (Wildman–Crippen MR) is 236 cm³/mol. The van der Waals surface area contributed by atoms with Crippen LogP contribution < -0.4 is 20.1 Å². The number of unbranched alkanes of at least 4 members (excludes halogenated alkanes) is 21. The summed E-state index contributed by atoms with van der Waals surface area (Å²) < 4.78 is 10.7. The number of benzene rings is 2. The first-order valence-electron chi connectivity index (χ1n) is 22.8. The summed E-state index contributed by atoms with van der Waals surface area (Å²) in [4.78, 5) is 73.7. The zero-order valence-electron chi connectivity index (χ0n) is 36.4. The van der Waals surface area contributed by atoms with Gasteiger partial charge in [-0.15, -0.1) is 0 Å². The monoisotopic (exact) mass is 837 g/mol. The molecule has 12 nitrogen and oxygen atoms in total. The Morgan fingerprint density at radius 2 is 0.700 bits per heavy atom. The fraction of sp³-hybridized carbons (Fsp3) is 0.625. The van der Waals surface area contributed by atoms with Crippen molar-refractivity contribution in [1.29, 1.82) is 0 Å². The van der Waals surface area contributed by atoms with Gasteiger partial charge in [-0.1, -0.05) is 142 Å². The van der Waals surface area contributed by atoms with Crippen LogP contribution in [0.2, 0.25) is 0 Å². The SMILES string of the molecule is CCCCCCCCCCCC(=O)Nc1ccc(OC(=O)CCCCCCCCC(=O)Oc2ccc(NC(=O)CCCCCCCCCCC)cc2C(=O)O)c(C(=O)O)c1. The number of nitrogens with one attached hydrogen (secondary N) is 2. The van der Waals surface area contributed by atoms with E-state index in [1.54, 1.807) is 0 Å². The van der Waals surface area contributed by atoms with Gasteiger partial charge >= 0.3 is 23.9 Å². The summed E-state index contributed by atoms with van der Waals surface area (Å²) in [6, 6.07) is 8.44. The van der Waals surface area contributed by atoms with E-state index in [2.05, 4.69) is 24.5 Å². The van der Waals surface area contributed by atoms with Gasteiger partial charge in [-0.2, -0.15) is 0 Å². The molecule has 0 aliphatic heterocycles. The molecule has 0 atom stereocenters. The molecular weight excluding hydrogens is 765 g/mol. The third kappa shape index (κ3) is 23.7. The van der Waals surface area contributed by atoms with Gasteiger partial charge in [-0.3, -0.25) is 19.2 Å². The van der Waals surface area contributed by atoms with E-state index in [9.17, 15) is 39.0 Å². The molecule has 0 radical (unpaired) electrons. The van der Waals surface area contributed by atoms with Gasteiger partial charge < -0.3 is 30.3 Å². The van der Waals surface area contributed by atoms with Crippen molar-refractivity contribution in [2.45, 2.75) is 194 Å². The Labute approximate surface area is 358 Å². The minimum absolute atomic E-state index is 0.0749. The van der Waals surface area contributed by atoms with E-state index in [-0.39, 0.29) is 47.3 Å². The van der Waals surface area contributed by atoms with Gasteiger partial charge in [0.05, 0.1) is 0 Å². The Hall–Kier alpha value is -4.74. The number of hydrogen-bond donors (Lipinski definition) is 4. The maximum absolute atomic E-state index is 12.5. The molecule has 60 heavy (non-hydrogen) atoms. The Bertz CT molecular complexity index is 1490. The lowest BCUT2D eigenvalue weighted by atomic mass is 10.1. The first kappa shape index (κ1) is 51.4. The number of ether oxygens (including phenoxy) is 2. The molecule has 0 spiro atoms. The Morgan fingerprint density at radius 3 is 1.00 bits per heavy atom. The number of aromatic carboxylic acids is 2. The molecule has 0 saturated heterocycles. The van der Waals surface area contributed by atoms with Crippen molar-refractivity contribution in [2.75, 3.05) is 10.6 Å².